The van der Waals surface area contributed by atoms with Crippen LogP contribution in [0.3, 0.4) is 0 Å². The molecule has 0 aliphatic carbocycles. The highest BCUT2D eigenvalue weighted by Crippen LogP contribution is 2.25. The molecule has 2 rings (SSSR count). The van der Waals surface area contributed by atoms with Crippen molar-refractivity contribution in [2.24, 2.45) is 11.8 Å². The number of hydrogen-bond acceptors (Lipinski definition) is 2. The van der Waals surface area contributed by atoms with Crippen molar-refractivity contribution in [2.45, 2.75) is 93.4 Å². The van der Waals surface area contributed by atoms with E-state index in [1.54, 1.807) is 19.1 Å². The Bertz CT molecular complexity index is 688. The van der Waals surface area contributed by atoms with Crippen LogP contribution < -0.4 is 0 Å². The molecule has 0 saturated carbocycles. The zero-order chi connectivity index (χ0) is 25.9. The Labute approximate surface area is 202 Å². The van der Waals surface area contributed by atoms with Crippen molar-refractivity contribution in [2.75, 3.05) is 13.2 Å². The summed E-state index contributed by atoms with van der Waals surface area (Å²) in [4.78, 5) is 0. The van der Waals surface area contributed by atoms with E-state index >= 15 is 0 Å². The third-order valence-electron chi connectivity index (χ3n) is 5.85. The first-order chi connectivity index (χ1) is 15.5. The summed E-state index contributed by atoms with van der Waals surface area (Å²) in [5, 5.41) is 8.49. The summed E-state index contributed by atoms with van der Waals surface area (Å²) in [5.41, 5.74) is 2.92. The van der Waals surface area contributed by atoms with Gasteiger partial charge < -0.3 is 4.74 Å². The summed E-state index contributed by atoms with van der Waals surface area (Å²) in [6.45, 7) is 20.6. The molecule has 1 aliphatic heterocycles. The van der Waals surface area contributed by atoms with Crippen LogP contribution in [0.25, 0.3) is 5.57 Å². The van der Waals surface area contributed by atoms with Gasteiger partial charge in [0.15, 0.2) is 0 Å². The van der Waals surface area contributed by atoms with Gasteiger partial charge in [-0.25, -0.2) is 8.78 Å². The van der Waals surface area contributed by atoms with E-state index in [1.165, 1.54) is 45.1 Å². The number of allylic oxidation sites excluding steroid dienone is 3. The third-order valence-corrected chi connectivity index (χ3v) is 5.85. The molecule has 2 nitrogen and oxygen atoms in total. The van der Waals surface area contributed by atoms with E-state index in [1.807, 2.05) is 19.1 Å². The van der Waals surface area contributed by atoms with Crippen LogP contribution in [0.4, 0.5) is 8.78 Å². The van der Waals surface area contributed by atoms with E-state index in [2.05, 4.69) is 40.3 Å². The van der Waals surface area contributed by atoms with Gasteiger partial charge in [0.1, 0.15) is 0 Å². The molecule has 0 N–H and O–H groups in total. The summed E-state index contributed by atoms with van der Waals surface area (Å²) in [6.07, 6.45) is 7.95. The smallest absolute Gasteiger partial charge is 0.266 e. The Morgan fingerprint density at radius 1 is 1.15 bits per heavy atom. The van der Waals surface area contributed by atoms with Gasteiger partial charge in [-0.2, -0.15) is 5.26 Å². The zero-order valence-corrected chi connectivity index (χ0v) is 22.3. The van der Waals surface area contributed by atoms with Gasteiger partial charge in [0.25, 0.3) is 5.92 Å². The fourth-order valence-electron chi connectivity index (χ4n) is 2.70. The second-order valence-electron chi connectivity index (χ2n) is 8.66. The monoisotopic (exact) mass is 463 g/mol. The zero-order valence-electron chi connectivity index (χ0n) is 22.3. The van der Waals surface area contributed by atoms with Crippen LogP contribution in [0, 0.1) is 23.2 Å². The maximum absolute atomic E-state index is 12.0. The number of rotatable bonds is 5. The molecule has 1 aliphatic rings. The first-order valence-corrected chi connectivity index (χ1v) is 12.2. The van der Waals surface area contributed by atoms with Gasteiger partial charge in [-0.1, -0.05) is 77.3 Å². The molecular formula is C29H47F2NO. The molecule has 1 atom stereocenters. The number of nitriles is 1. The molecule has 0 aromatic heterocycles. The average Bonchev–Trinajstić information content (AvgIpc) is 2.83. The van der Waals surface area contributed by atoms with E-state index in [9.17, 15) is 8.78 Å². The van der Waals surface area contributed by atoms with E-state index in [4.69, 9.17) is 10.00 Å². The molecule has 1 fully saturated rings. The number of hydrogen-bond donors (Lipinski definition) is 0. The number of halogens is 2. The molecule has 0 amide bonds. The maximum atomic E-state index is 12.0. The first kappa shape index (κ1) is 33.2. The Hall–Kier alpha value is -1.99. The molecule has 1 aromatic carbocycles. The van der Waals surface area contributed by atoms with Gasteiger partial charge in [0.2, 0.25) is 0 Å². The lowest BCUT2D eigenvalue weighted by Crippen LogP contribution is -2.21. The van der Waals surface area contributed by atoms with Gasteiger partial charge in [0.05, 0.1) is 11.6 Å². The summed E-state index contributed by atoms with van der Waals surface area (Å²) in [6, 6.07) is 9.46. The summed E-state index contributed by atoms with van der Waals surface area (Å²) >= 11 is 0. The number of nitrogens with zero attached hydrogens (tertiary/aromatic N) is 1. The van der Waals surface area contributed by atoms with Crippen molar-refractivity contribution >= 4 is 5.57 Å². The van der Waals surface area contributed by atoms with Gasteiger partial charge in [-0.3, -0.25) is 0 Å². The Morgan fingerprint density at radius 3 is 1.91 bits per heavy atom. The summed E-state index contributed by atoms with van der Waals surface area (Å²) < 4.78 is 29.4. The fraction of sp³-hybridized carbons (Fsp3) is 0.621. The normalized spacial score (nSPS) is 14.8. The highest BCUT2D eigenvalue weighted by Gasteiger charge is 2.22. The largest absolute Gasteiger partial charge is 0.381 e. The molecule has 0 spiro atoms. The lowest BCUT2D eigenvalue weighted by atomic mass is 9.86. The molecule has 4 heteroatoms. The van der Waals surface area contributed by atoms with Crippen LogP contribution in [-0.4, -0.2) is 19.1 Å². The Morgan fingerprint density at radius 2 is 1.64 bits per heavy atom. The van der Waals surface area contributed by atoms with Gasteiger partial charge in [-0.15, -0.1) is 0 Å². The number of alkyl halides is 2. The average molecular weight is 464 g/mol. The van der Waals surface area contributed by atoms with E-state index in [0.29, 0.717) is 5.56 Å². The number of unbranched alkanes of at least 4 members (excludes halogenated alkanes) is 1. The topological polar surface area (TPSA) is 33.0 Å². The van der Waals surface area contributed by atoms with E-state index < -0.39 is 5.92 Å². The molecule has 33 heavy (non-hydrogen) atoms. The first-order valence-electron chi connectivity index (χ1n) is 12.2. The van der Waals surface area contributed by atoms with Crippen LogP contribution in [0.5, 0.6) is 0 Å². The highest BCUT2D eigenvalue weighted by atomic mass is 19.3. The van der Waals surface area contributed by atoms with Gasteiger partial charge in [-0.05, 0) is 68.7 Å². The molecule has 188 valence electrons. The van der Waals surface area contributed by atoms with Crippen molar-refractivity contribution in [1.29, 1.82) is 5.26 Å². The lowest BCUT2D eigenvalue weighted by molar-refractivity contribution is 0.0489. The predicted molar refractivity (Wildman–Crippen MR) is 139 cm³/mol. The molecule has 0 radical (unpaired) electrons. The van der Waals surface area contributed by atoms with Crippen LogP contribution in [0.15, 0.2) is 42.5 Å². The minimum absolute atomic E-state index is 0.123. The predicted octanol–water partition coefficient (Wildman–Crippen LogP) is 9.46. The Balaban J connectivity index is 0. The summed E-state index contributed by atoms with van der Waals surface area (Å²) in [7, 11) is 0. The second kappa shape index (κ2) is 19.5. The third kappa shape index (κ3) is 17.2. The van der Waals surface area contributed by atoms with Gasteiger partial charge >= 0.3 is 0 Å². The number of benzene rings is 1. The minimum atomic E-state index is -2.63. The fourth-order valence-corrected chi connectivity index (χ4v) is 2.70. The van der Waals surface area contributed by atoms with Crippen molar-refractivity contribution in [3.8, 4) is 6.07 Å². The summed E-state index contributed by atoms with van der Waals surface area (Å²) in [5.74, 6) is -0.781. The molecular weight excluding hydrogens is 416 g/mol. The van der Waals surface area contributed by atoms with Crippen molar-refractivity contribution in [3.05, 3.63) is 53.6 Å². The SMILES string of the molecule is C/C=C(\C)C(C)(F)F.C=C(C)c1ccc(C#N)cc1.CCC(C)C1CCOCC1.CCCC. The standard InChI is InChI=1S/C10H9N.C9H18O.C6H10F2.C4H10/c1-8(2)10-5-3-9(7-11)4-6-10;1-3-8(2)9-4-6-10-7-5-9;1-4-5(2)6(3,7)8;1-3-4-2/h3-6H,1H2,2H3;8-9H,3-7H2,1-2H3;4H,1-3H3;3-4H2,1-2H3/b;;5-4+;. The van der Waals surface area contributed by atoms with Crippen molar-refractivity contribution < 1.29 is 13.5 Å². The molecule has 1 heterocycles. The number of ether oxygens (including phenoxy) is 1. The minimum Gasteiger partial charge on any atom is -0.381 e. The van der Waals surface area contributed by atoms with Crippen LogP contribution in [0.1, 0.15) is 98.6 Å². The lowest BCUT2D eigenvalue weighted by Gasteiger charge is -2.26. The molecule has 1 saturated heterocycles. The molecule has 1 unspecified atom stereocenters. The second-order valence-corrected chi connectivity index (χ2v) is 8.66. The maximum Gasteiger partial charge on any atom is 0.266 e. The molecule has 1 aromatic rings. The van der Waals surface area contributed by atoms with E-state index in [-0.39, 0.29) is 5.57 Å². The Kier molecular flexibility index (Phi) is 19.6. The quantitative estimate of drug-likeness (QED) is 0.407. The van der Waals surface area contributed by atoms with Crippen LogP contribution in [0.2, 0.25) is 0 Å². The highest BCUT2D eigenvalue weighted by molar-refractivity contribution is 5.61. The van der Waals surface area contributed by atoms with Crippen LogP contribution in [-0.2, 0) is 4.74 Å². The van der Waals surface area contributed by atoms with Gasteiger partial charge in [0, 0.05) is 20.1 Å². The van der Waals surface area contributed by atoms with Crippen LogP contribution >= 0.6 is 0 Å². The van der Waals surface area contributed by atoms with Crippen molar-refractivity contribution in [1.82, 2.24) is 0 Å². The van der Waals surface area contributed by atoms with E-state index in [0.717, 1.165) is 43.1 Å². The van der Waals surface area contributed by atoms with Crippen molar-refractivity contribution in [3.63, 3.8) is 0 Å². The molecule has 0 bridgehead atoms.